The SMILES string of the molecule is Cn1cc(C#CCCCC#Cc2cn(C)nc2-c2ccccc2O)c(-c2ccccc2O)n1. The van der Waals surface area contributed by atoms with Gasteiger partial charge in [0.15, 0.2) is 0 Å². The maximum absolute atomic E-state index is 10.1. The lowest BCUT2D eigenvalue weighted by Crippen LogP contribution is -1.88. The van der Waals surface area contributed by atoms with E-state index in [1.165, 1.54) is 0 Å². The fourth-order valence-corrected chi connectivity index (χ4v) is 3.49. The molecule has 33 heavy (non-hydrogen) atoms. The average molecular weight is 437 g/mol. The van der Waals surface area contributed by atoms with Crippen molar-refractivity contribution >= 4 is 0 Å². The molecule has 0 amide bonds. The van der Waals surface area contributed by atoms with Crippen molar-refractivity contribution < 1.29 is 10.2 Å². The molecule has 0 saturated carbocycles. The van der Waals surface area contributed by atoms with E-state index in [0.29, 0.717) is 35.4 Å². The van der Waals surface area contributed by atoms with E-state index in [-0.39, 0.29) is 11.5 Å². The van der Waals surface area contributed by atoms with Crippen LogP contribution in [-0.4, -0.2) is 29.8 Å². The number of phenolic OH excluding ortho intramolecular Hbond substituents is 2. The topological polar surface area (TPSA) is 76.1 Å². The molecule has 2 aromatic heterocycles. The maximum Gasteiger partial charge on any atom is 0.125 e. The van der Waals surface area contributed by atoms with Crippen molar-refractivity contribution in [2.45, 2.75) is 19.3 Å². The highest BCUT2D eigenvalue weighted by Crippen LogP contribution is 2.30. The minimum atomic E-state index is 0.188. The number of para-hydroxylation sites is 2. The van der Waals surface area contributed by atoms with E-state index in [0.717, 1.165) is 17.5 Å². The number of rotatable bonds is 4. The van der Waals surface area contributed by atoms with Crippen molar-refractivity contribution in [1.29, 1.82) is 0 Å². The van der Waals surface area contributed by atoms with Gasteiger partial charge in [-0.15, -0.1) is 0 Å². The summed E-state index contributed by atoms with van der Waals surface area (Å²) in [7, 11) is 3.68. The van der Waals surface area contributed by atoms with Crippen LogP contribution in [0.25, 0.3) is 22.5 Å². The molecule has 2 aromatic carbocycles. The molecule has 0 unspecified atom stereocenters. The highest BCUT2D eigenvalue weighted by molar-refractivity contribution is 5.73. The summed E-state index contributed by atoms with van der Waals surface area (Å²) in [6.07, 6.45) is 5.94. The number of aryl methyl sites for hydroxylation is 2. The molecule has 0 saturated heterocycles. The highest BCUT2D eigenvalue weighted by Gasteiger charge is 2.12. The predicted molar refractivity (Wildman–Crippen MR) is 128 cm³/mol. The molecule has 164 valence electrons. The zero-order chi connectivity index (χ0) is 23.2. The second kappa shape index (κ2) is 9.80. The van der Waals surface area contributed by atoms with E-state index in [4.69, 9.17) is 0 Å². The van der Waals surface area contributed by atoms with Crippen LogP contribution in [0.15, 0.2) is 60.9 Å². The minimum absolute atomic E-state index is 0.188. The van der Waals surface area contributed by atoms with Crippen LogP contribution in [0.3, 0.4) is 0 Å². The Labute approximate surface area is 193 Å². The summed E-state index contributed by atoms with van der Waals surface area (Å²) in [4.78, 5) is 0. The first-order valence-corrected chi connectivity index (χ1v) is 10.6. The average Bonchev–Trinajstić information content (AvgIpc) is 3.35. The van der Waals surface area contributed by atoms with Crippen LogP contribution in [0.5, 0.6) is 11.5 Å². The number of phenols is 2. The maximum atomic E-state index is 10.1. The summed E-state index contributed by atoms with van der Waals surface area (Å²) in [6, 6.07) is 14.3. The summed E-state index contributed by atoms with van der Waals surface area (Å²) in [5.74, 6) is 13.1. The smallest absolute Gasteiger partial charge is 0.125 e. The van der Waals surface area contributed by atoms with Crippen molar-refractivity contribution in [3.8, 4) is 57.7 Å². The number of nitrogens with zero attached hydrogens (tertiary/aromatic N) is 4. The van der Waals surface area contributed by atoms with Crippen LogP contribution < -0.4 is 0 Å². The first-order chi connectivity index (χ1) is 16.0. The molecule has 6 heteroatoms. The third kappa shape index (κ3) is 5.08. The van der Waals surface area contributed by atoms with Gasteiger partial charge in [0.25, 0.3) is 0 Å². The highest BCUT2D eigenvalue weighted by atomic mass is 16.3. The fraction of sp³-hybridized carbons (Fsp3) is 0.185. The van der Waals surface area contributed by atoms with Gasteiger partial charge in [-0.25, -0.2) is 0 Å². The molecule has 2 heterocycles. The molecular weight excluding hydrogens is 412 g/mol. The van der Waals surface area contributed by atoms with Crippen LogP contribution in [-0.2, 0) is 14.1 Å². The molecule has 0 bridgehead atoms. The number of hydrogen-bond donors (Lipinski definition) is 2. The van der Waals surface area contributed by atoms with Crippen molar-refractivity contribution in [2.24, 2.45) is 14.1 Å². The summed E-state index contributed by atoms with van der Waals surface area (Å²) in [6.45, 7) is 0. The molecule has 0 fully saturated rings. The normalized spacial score (nSPS) is 10.2. The van der Waals surface area contributed by atoms with Gasteiger partial charge in [-0.3, -0.25) is 9.36 Å². The number of unbranched alkanes of at least 4 members (excludes halogenated alkanes) is 2. The summed E-state index contributed by atoms with van der Waals surface area (Å²) in [5, 5.41) is 29.2. The Kier molecular flexibility index (Phi) is 6.48. The number of benzene rings is 2. The molecule has 4 aromatic rings. The lowest BCUT2D eigenvalue weighted by molar-refractivity contribution is 0.476. The monoisotopic (exact) mass is 436 g/mol. The molecular formula is C27H24N4O2. The van der Waals surface area contributed by atoms with Crippen LogP contribution in [0.1, 0.15) is 30.4 Å². The Morgan fingerprint density at radius 1 is 0.697 bits per heavy atom. The van der Waals surface area contributed by atoms with Crippen LogP contribution in [0.2, 0.25) is 0 Å². The Morgan fingerprint density at radius 2 is 1.12 bits per heavy atom. The quantitative estimate of drug-likeness (QED) is 0.366. The van der Waals surface area contributed by atoms with Crippen molar-refractivity contribution in [3.05, 3.63) is 72.1 Å². The lowest BCUT2D eigenvalue weighted by Gasteiger charge is -2.01. The number of aromatic hydroxyl groups is 2. The zero-order valence-electron chi connectivity index (χ0n) is 18.6. The molecule has 6 nitrogen and oxygen atoms in total. The standard InChI is InChI=1S/C27H24N4O2/c1-30-18-20(26(28-30)22-14-8-10-16-24(22)32)12-6-4-3-5-7-13-21-19-31(2)29-27(21)23-15-9-11-17-25(23)33/h8-11,14-19,32-33H,3-5H2,1-2H3. The van der Waals surface area contributed by atoms with Gasteiger partial charge >= 0.3 is 0 Å². The van der Waals surface area contributed by atoms with Gasteiger partial charge in [-0.2, -0.15) is 10.2 Å². The van der Waals surface area contributed by atoms with Gasteiger partial charge in [0.1, 0.15) is 22.9 Å². The molecule has 2 N–H and O–H groups in total. The first kappa shape index (κ1) is 21.8. The molecule has 4 rings (SSSR count). The minimum Gasteiger partial charge on any atom is -0.507 e. The van der Waals surface area contributed by atoms with Gasteiger partial charge in [0.2, 0.25) is 0 Å². The van der Waals surface area contributed by atoms with Gasteiger partial charge in [0, 0.05) is 50.5 Å². The third-order valence-corrected chi connectivity index (χ3v) is 5.03. The van der Waals surface area contributed by atoms with E-state index in [1.807, 2.05) is 50.8 Å². The van der Waals surface area contributed by atoms with E-state index in [9.17, 15) is 10.2 Å². The van der Waals surface area contributed by atoms with Crippen molar-refractivity contribution in [2.75, 3.05) is 0 Å². The van der Waals surface area contributed by atoms with E-state index in [2.05, 4.69) is 33.9 Å². The molecule has 0 aliphatic rings. The molecule has 0 spiro atoms. The molecule has 0 aliphatic heterocycles. The largest absolute Gasteiger partial charge is 0.507 e. The fourth-order valence-electron chi connectivity index (χ4n) is 3.49. The van der Waals surface area contributed by atoms with Crippen LogP contribution in [0.4, 0.5) is 0 Å². The van der Waals surface area contributed by atoms with Crippen LogP contribution in [0, 0.1) is 23.7 Å². The van der Waals surface area contributed by atoms with Gasteiger partial charge in [-0.05, 0) is 30.7 Å². The van der Waals surface area contributed by atoms with Gasteiger partial charge in [0.05, 0.1) is 11.1 Å². The Bertz CT molecular complexity index is 1300. The van der Waals surface area contributed by atoms with Gasteiger partial charge < -0.3 is 10.2 Å². The Morgan fingerprint density at radius 3 is 1.55 bits per heavy atom. The molecule has 0 atom stereocenters. The van der Waals surface area contributed by atoms with E-state index in [1.54, 1.807) is 33.6 Å². The second-order valence-electron chi connectivity index (χ2n) is 7.62. The predicted octanol–water partition coefficient (Wildman–Crippen LogP) is 4.47. The zero-order valence-corrected chi connectivity index (χ0v) is 18.6. The second-order valence-corrected chi connectivity index (χ2v) is 7.62. The Hall–Kier alpha value is -4.42. The van der Waals surface area contributed by atoms with E-state index >= 15 is 0 Å². The number of hydrogen-bond acceptors (Lipinski definition) is 4. The van der Waals surface area contributed by atoms with Gasteiger partial charge in [-0.1, -0.05) is 47.9 Å². The van der Waals surface area contributed by atoms with E-state index < -0.39 is 0 Å². The number of aromatic nitrogens is 4. The van der Waals surface area contributed by atoms with Crippen molar-refractivity contribution in [3.63, 3.8) is 0 Å². The van der Waals surface area contributed by atoms with Crippen LogP contribution >= 0.6 is 0 Å². The Balaban J connectivity index is 1.40. The molecule has 0 radical (unpaired) electrons. The molecule has 0 aliphatic carbocycles. The first-order valence-electron chi connectivity index (χ1n) is 10.6. The third-order valence-electron chi connectivity index (χ3n) is 5.03. The summed E-state index contributed by atoms with van der Waals surface area (Å²) in [5.41, 5.74) is 4.27. The summed E-state index contributed by atoms with van der Waals surface area (Å²) < 4.78 is 3.40. The van der Waals surface area contributed by atoms with Crippen molar-refractivity contribution in [1.82, 2.24) is 19.6 Å². The lowest BCUT2D eigenvalue weighted by atomic mass is 10.1. The summed E-state index contributed by atoms with van der Waals surface area (Å²) >= 11 is 0.